The third-order valence-electron chi connectivity index (χ3n) is 5.67. The first-order valence-corrected chi connectivity index (χ1v) is 9.29. The number of fused-ring (bicyclic) bond motifs is 6. The summed E-state index contributed by atoms with van der Waals surface area (Å²) in [6.45, 7) is 9.16. The van der Waals surface area contributed by atoms with Gasteiger partial charge in [0.25, 0.3) is 0 Å². The Bertz CT molecular complexity index is 1150. The predicted molar refractivity (Wildman–Crippen MR) is 109 cm³/mol. The van der Waals surface area contributed by atoms with Gasteiger partial charge in [-0.15, -0.1) is 0 Å². The normalized spacial score (nSPS) is 12.7. The lowest BCUT2D eigenvalue weighted by molar-refractivity contribution is 0.876. The summed E-state index contributed by atoms with van der Waals surface area (Å²) in [7, 11) is 0. The van der Waals surface area contributed by atoms with E-state index >= 15 is 0 Å². The number of hydrogen-bond donors (Lipinski definition) is 0. The average Bonchev–Trinajstić information content (AvgIpc) is 3.13. The van der Waals surface area contributed by atoms with Crippen molar-refractivity contribution in [3.8, 4) is 0 Å². The monoisotopic (exact) mass is 325 g/mol. The van der Waals surface area contributed by atoms with Gasteiger partial charge in [-0.1, -0.05) is 70.2 Å². The van der Waals surface area contributed by atoms with E-state index in [1.807, 2.05) is 0 Å². The van der Waals surface area contributed by atoms with Crippen LogP contribution in [0.25, 0.3) is 38.1 Å². The first-order valence-electron chi connectivity index (χ1n) is 9.29. The number of para-hydroxylation sites is 1. The summed E-state index contributed by atoms with van der Waals surface area (Å²) < 4.78 is 2.49. The minimum atomic E-state index is 0.521. The fourth-order valence-corrected chi connectivity index (χ4v) is 4.60. The van der Waals surface area contributed by atoms with Crippen molar-refractivity contribution in [3.63, 3.8) is 0 Å². The first kappa shape index (κ1) is 14.8. The van der Waals surface area contributed by atoms with Crippen LogP contribution in [0.2, 0.25) is 0 Å². The number of aromatic nitrogens is 1. The van der Waals surface area contributed by atoms with Crippen molar-refractivity contribution in [2.45, 2.75) is 39.5 Å². The molecule has 0 fully saturated rings. The summed E-state index contributed by atoms with van der Waals surface area (Å²) in [5, 5.41) is 5.63. The van der Waals surface area contributed by atoms with Crippen molar-refractivity contribution in [1.29, 1.82) is 0 Å². The molecule has 1 nitrogen and oxygen atoms in total. The summed E-state index contributed by atoms with van der Waals surface area (Å²) >= 11 is 0. The maximum absolute atomic E-state index is 2.49. The van der Waals surface area contributed by atoms with Gasteiger partial charge in [0.1, 0.15) is 0 Å². The van der Waals surface area contributed by atoms with Crippen molar-refractivity contribution in [3.05, 3.63) is 65.7 Å². The van der Waals surface area contributed by atoms with E-state index in [9.17, 15) is 0 Å². The molecule has 2 aromatic heterocycles. The van der Waals surface area contributed by atoms with Gasteiger partial charge in [-0.05, 0) is 35.1 Å². The third-order valence-corrected chi connectivity index (χ3v) is 5.67. The van der Waals surface area contributed by atoms with Crippen LogP contribution >= 0.6 is 0 Å². The summed E-state index contributed by atoms with van der Waals surface area (Å²) in [4.78, 5) is 0. The molecule has 0 N–H and O–H groups in total. The van der Waals surface area contributed by atoms with Gasteiger partial charge in [-0.25, -0.2) is 0 Å². The zero-order chi connectivity index (χ0) is 17.3. The summed E-state index contributed by atoms with van der Waals surface area (Å²) in [5.41, 5.74) is 6.96. The molecule has 1 heteroatoms. The molecule has 124 valence electrons. The summed E-state index contributed by atoms with van der Waals surface area (Å²) in [5.74, 6) is 1.04. The fraction of sp³-hybridized carbons (Fsp3) is 0.250. The standard InChI is InChI=1S/C24H23N/c1-14(2)16-8-6-12-20-22(16)18-10-5-11-19-23-17(15(3)4)9-7-13-21(23)25(20)24(18)19/h5-15H,1-4H3. The van der Waals surface area contributed by atoms with E-state index in [2.05, 4.69) is 86.7 Å². The summed E-state index contributed by atoms with van der Waals surface area (Å²) in [6, 6.07) is 20.4. The summed E-state index contributed by atoms with van der Waals surface area (Å²) in [6.07, 6.45) is 0. The lowest BCUT2D eigenvalue weighted by Gasteiger charge is -2.10. The van der Waals surface area contributed by atoms with E-state index in [0.717, 1.165) is 0 Å². The van der Waals surface area contributed by atoms with Crippen molar-refractivity contribution < 1.29 is 0 Å². The van der Waals surface area contributed by atoms with Crippen LogP contribution in [0.4, 0.5) is 0 Å². The van der Waals surface area contributed by atoms with E-state index in [1.165, 1.54) is 49.2 Å². The van der Waals surface area contributed by atoms with Crippen LogP contribution in [0.15, 0.2) is 54.6 Å². The molecule has 5 aromatic rings. The Morgan fingerprint density at radius 3 is 1.48 bits per heavy atom. The quantitative estimate of drug-likeness (QED) is 0.326. The molecule has 0 bridgehead atoms. The Kier molecular flexibility index (Phi) is 2.94. The van der Waals surface area contributed by atoms with Crippen LogP contribution in [0.5, 0.6) is 0 Å². The number of nitrogens with zero attached hydrogens (tertiary/aromatic N) is 1. The lowest BCUT2D eigenvalue weighted by Crippen LogP contribution is -1.90. The molecule has 0 spiro atoms. The van der Waals surface area contributed by atoms with E-state index in [1.54, 1.807) is 0 Å². The minimum Gasteiger partial charge on any atom is -0.308 e. The molecule has 0 radical (unpaired) electrons. The van der Waals surface area contributed by atoms with Gasteiger partial charge >= 0.3 is 0 Å². The number of rotatable bonds is 2. The molecule has 3 aromatic carbocycles. The molecule has 0 amide bonds. The minimum absolute atomic E-state index is 0.521. The largest absolute Gasteiger partial charge is 0.308 e. The Balaban J connectivity index is 2.14. The van der Waals surface area contributed by atoms with Gasteiger partial charge in [0.2, 0.25) is 0 Å². The van der Waals surface area contributed by atoms with Gasteiger partial charge in [0.15, 0.2) is 0 Å². The topological polar surface area (TPSA) is 4.41 Å². The maximum Gasteiger partial charge on any atom is 0.0620 e. The highest BCUT2D eigenvalue weighted by Crippen LogP contribution is 2.43. The SMILES string of the molecule is CC(C)c1cccc2c1c1cccc3c4c(C(C)C)cccc4n2c13. The highest BCUT2D eigenvalue weighted by molar-refractivity contribution is 6.24. The van der Waals surface area contributed by atoms with Crippen molar-refractivity contribution in [1.82, 2.24) is 4.40 Å². The maximum atomic E-state index is 2.49. The molecule has 0 unspecified atom stereocenters. The van der Waals surface area contributed by atoms with Crippen LogP contribution in [0.1, 0.15) is 50.7 Å². The predicted octanol–water partition coefficient (Wildman–Crippen LogP) is 7.08. The molecule has 0 aliphatic carbocycles. The number of benzene rings is 3. The Labute approximate surface area is 148 Å². The van der Waals surface area contributed by atoms with E-state index in [4.69, 9.17) is 0 Å². The van der Waals surface area contributed by atoms with Crippen molar-refractivity contribution >= 4 is 38.1 Å². The average molecular weight is 325 g/mol. The van der Waals surface area contributed by atoms with Crippen LogP contribution in [0, 0.1) is 0 Å². The van der Waals surface area contributed by atoms with Gasteiger partial charge in [0.05, 0.1) is 16.6 Å². The Hall–Kier alpha value is -2.54. The molecule has 0 aliphatic heterocycles. The zero-order valence-electron chi connectivity index (χ0n) is 15.3. The molecule has 2 heterocycles. The number of hydrogen-bond acceptors (Lipinski definition) is 0. The molecule has 25 heavy (non-hydrogen) atoms. The highest BCUT2D eigenvalue weighted by Gasteiger charge is 2.21. The molecule has 0 aliphatic rings. The zero-order valence-corrected chi connectivity index (χ0v) is 15.3. The van der Waals surface area contributed by atoms with E-state index < -0.39 is 0 Å². The second kappa shape index (κ2) is 4.98. The van der Waals surface area contributed by atoms with Crippen LogP contribution in [-0.2, 0) is 0 Å². The van der Waals surface area contributed by atoms with Crippen LogP contribution < -0.4 is 0 Å². The lowest BCUT2D eigenvalue weighted by atomic mass is 9.94. The van der Waals surface area contributed by atoms with Crippen LogP contribution in [0.3, 0.4) is 0 Å². The molecule has 0 saturated heterocycles. The third kappa shape index (κ3) is 1.79. The second-order valence-electron chi connectivity index (χ2n) is 7.83. The molecule has 0 saturated carbocycles. The molecular weight excluding hydrogens is 302 g/mol. The highest BCUT2D eigenvalue weighted by atomic mass is 14.9. The van der Waals surface area contributed by atoms with Gasteiger partial charge in [0, 0.05) is 21.5 Å². The van der Waals surface area contributed by atoms with Crippen LogP contribution in [-0.4, -0.2) is 4.40 Å². The second-order valence-corrected chi connectivity index (χ2v) is 7.83. The van der Waals surface area contributed by atoms with Gasteiger partial charge < -0.3 is 4.40 Å². The smallest absolute Gasteiger partial charge is 0.0620 e. The van der Waals surface area contributed by atoms with Crippen molar-refractivity contribution in [2.75, 3.05) is 0 Å². The first-order chi connectivity index (χ1) is 12.1. The molecule has 0 atom stereocenters. The molecule has 5 rings (SSSR count). The van der Waals surface area contributed by atoms with Gasteiger partial charge in [-0.2, -0.15) is 0 Å². The Morgan fingerprint density at radius 2 is 1.04 bits per heavy atom. The van der Waals surface area contributed by atoms with E-state index in [-0.39, 0.29) is 0 Å². The fourth-order valence-electron chi connectivity index (χ4n) is 4.60. The Morgan fingerprint density at radius 1 is 0.600 bits per heavy atom. The molecular formula is C24H23N. The van der Waals surface area contributed by atoms with Crippen molar-refractivity contribution in [2.24, 2.45) is 0 Å². The van der Waals surface area contributed by atoms with E-state index in [0.29, 0.717) is 11.8 Å². The van der Waals surface area contributed by atoms with Gasteiger partial charge in [-0.3, -0.25) is 0 Å².